The highest BCUT2D eigenvalue weighted by Gasteiger charge is 2.15. The highest BCUT2D eigenvalue weighted by atomic mass is 16.2. The van der Waals surface area contributed by atoms with Gasteiger partial charge in [0.25, 0.3) is 11.8 Å². The zero-order valence-electron chi connectivity index (χ0n) is 23.1. The van der Waals surface area contributed by atoms with E-state index in [9.17, 15) is 19.2 Å². The van der Waals surface area contributed by atoms with E-state index in [1.807, 2.05) is 27.7 Å². The Kier molecular flexibility index (Phi) is 13.0. The lowest BCUT2D eigenvalue weighted by molar-refractivity contribution is -0.117. The molecule has 2 aromatic rings. The predicted molar refractivity (Wildman–Crippen MR) is 152 cm³/mol. The maximum atomic E-state index is 12.4. The highest BCUT2D eigenvalue weighted by molar-refractivity contribution is 6.04. The summed E-state index contributed by atoms with van der Waals surface area (Å²) >= 11 is 0. The first kappa shape index (κ1) is 30.5. The Bertz CT molecular complexity index is 996. The molecule has 0 aliphatic heterocycles. The van der Waals surface area contributed by atoms with Gasteiger partial charge in [0.1, 0.15) is 0 Å². The van der Waals surface area contributed by atoms with Crippen LogP contribution in [0.15, 0.2) is 48.5 Å². The van der Waals surface area contributed by atoms with Gasteiger partial charge in [-0.3, -0.25) is 19.2 Å². The number of nitrogens with one attached hydrogen (secondary N) is 4. The first-order chi connectivity index (χ1) is 18.2. The quantitative estimate of drug-likeness (QED) is 0.226. The number of benzene rings is 2. The van der Waals surface area contributed by atoms with Crippen molar-refractivity contribution in [1.82, 2.24) is 10.6 Å². The maximum Gasteiger partial charge on any atom is 0.253 e. The Labute approximate surface area is 226 Å². The van der Waals surface area contributed by atoms with Gasteiger partial charge in [0, 0.05) is 24.9 Å². The molecule has 0 fully saturated rings. The molecule has 206 valence electrons. The van der Waals surface area contributed by atoms with Crippen molar-refractivity contribution >= 4 is 35.0 Å². The van der Waals surface area contributed by atoms with Gasteiger partial charge in [-0.1, -0.05) is 49.9 Å². The molecule has 8 heteroatoms. The Morgan fingerprint density at radius 3 is 1.26 bits per heavy atom. The van der Waals surface area contributed by atoms with Crippen molar-refractivity contribution in [2.75, 3.05) is 10.6 Å². The standard InChI is InChI=1S/C30H42N4O4/c1-21(2)31-29(37)23-15-11-13-17-25(23)33-27(35)19-9-7-5-6-8-10-20-28(36)34-26-18-14-12-16-24(26)30(38)32-22(3)4/h11-18,21-22H,5-10,19-20H2,1-4H3,(H,31,37)(H,32,38)(H,33,35)(H,34,36). The molecule has 38 heavy (non-hydrogen) atoms. The molecule has 0 aromatic heterocycles. The van der Waals surface area contributed by atoms with E-state index in [0.717, 1.165) is 38.5 Å². The number of carbonyl (C=O) groups excluding carboxylic acids is 4. The lowest BCUT2D eigenvalue weighted by atomic mass is 10.1. The van der Waals surface area contributed by atoms with E-state index in [1.165, 1.54) is 0 Å². The van der Waals surface area contributed by atoms with Gasteiger partial charge < -0.3 is 21.3 Å². The second-order valence-corrected chi connectivity index (χ2v) is 10.1. The van der Waals surface area contributed by atoms with Gasteiger partial charge in [0.2, 0.25) is 11.8 Å². The van der Waals surface area contributed by atoms with Crippen molar-refractivity contribution in [1.29, 1.82) is 0 Å². The smallest absolute Gasteiger partial charge is 0.253 e. The van der Waals surface area contributed by atoms with E-state index < -0.39 is 0 Å². The molecule has 4 amide bonds. The van der Waals surface area contributed by atoms with Crippen LogP contribution >= 0.6 is 0 Å². The van der Waals surface area contributed by atoms with Gasteiger partial charge in [-0.25, -0.2) is 0 Å². The average molecular weight is 523 g/mol. The minimum atomic E-state index is -0.203. The third-order valence-corrected chi connectivity index (χ3v) is 5.79. The Morgan fingerprint density at radius 2 is 0.895 bits per heavy atom. The van der Waals surface area contributed by atoms with E-state index in [1.54, 1.807) is 48.5 Å². The van der Waals surface area contributed by atoms with Crippen LogP contribution in [-0.2, 0) is 9.59 Å². The van der Waals surface area contributed by atoms with Crippen LogP contribution in [0.4, 0.5) is 11.4 Å². The normalized spacial score (nSPS) is 10.8. The first-order valence-corrected chi connectivity index (χ1v) is 13.6. The Hall–Kier alpha value is -3.68. The molecular formula is C30H42N4O4. The largest absolute Gasteiger partial charge is 0.350 e. The van der Waals surface area contributed by atoms with Crippen molar-refractivity contribution in [3.05, 3.63) is 59.7 Å². The lowest BCUT2D eigenvalue weighted by Gasteiger charge is -2.13. The highest BCUT2D eigenvalue weighted by Crippen LogP contribution is 2.18. The number of rotatable bonds is 15. The van der Waals surface area contributed by atoms with Gasteiger partial charge in [-0.15, -0.1) is 0 Å². The maximum absolute atomic E-state index is 12.4. The van der Waals surface area contributed by atoms with Gasteiger partial charge in [-0.2, -0.15) is 0 Å². The predicted octanol–water partition coefficient (Wildman–Crippen LogP) is 5.66. The Morgan fingerprint density at radius 1 is 0.553 bits per heavy atom. The van der Waals surface area contributed by atoms with Crippen LogP contribution in [0.2, 0.25) is 0 Å². The minimum Gasteiger partial charge on any atom is -0.350 e. The van der Waals surface area contributed by atoms with Crippen LogP contribution in [0, 0.1) is 0 Å². The molecule has 0 radical (unpaired) electrons. The second-order valence-electron chi connectivity index (χ2n) is 10.1. The number of para-hydroxylation sites is 2. The number of hydrogen-bond acceptors (Lipinski definition) is 4. The van der Waals surface area contributed by atoms with Crippen molar-refractivity contribution in [3.8, 4) is 0 Å². The summed E-state index contributed by atoms with van der Waals surface area (Å²) in [5, 5.41) is 11.4. The summed E-state index contributed by atoms with van der Waals surface area (Å²) in [6.45, 7) is 7.57. The molecule has 0 saturated heterocycles. The van der Waals surface area contributed by atoms with Crippen molar-refractivity contribution in [3.63, 3.8) is 0 Å². The molecule has 2 aromatic carbocycles. The van der Waals surface area contributed by atoms with Gasteiger partial charge >= 0.3 is 0 Å². The van der Waals surface area contributed by atoms with Crippen molar-refractivity contribution < 1.29 is 19.2 Å². The molecule has 0 bridgehead atoms. The molecule has 4 N–H and O–H groups in total. The number of unbranched alkanes of at least 4 members (excludes halogenated alkanes) is 5. The molecule has 0 aliphatic carbocycles. The van der Waals surface area contributed by atoms with Crippen LogP contribution in [0.3, 0.4) is 0 Å². The lowest BCUT2D eigenvalue weighted by Crippen LogP contribution is -2.31. The number of hydrogen-bond donors (Lipinski definition) is 4. The summed E-state index contributed by atoms with van der Waals surface area (Å²) in [6, 6.07) is 14.1. The zero-order valence-corrected chi connectivity index (χ0v) is 23.1. The first-order valence-electron chi connectivity index (χ1n) is 13.6. The fourth-order valence-electron chi connectivity index (χ4n) is 3.96. The molecule has 0 heterocycles. The third kappa shape index (κ3) is 11.2. The third-order valence-electron chi connectivity index (χ3n) is 5.79. The fourth-order valence-corrected chi connectivity index (χ4v) is 3.96. The summed E-state index contributed by atoms with van der Waals surface area (Å²) in [4.78, 5) is 49.5. The van der Waals surface area contributed by atoms with Crippen molar-refractivity contribution in [2.24, 2.45) is 0 Å². The zero-order chi connectivity index (χ0) is 27.9. The van der Waals surface area contributed by atoms with Crippen LogP contribution in [0.25, 0.3) is 0 Å². The van der Waals surface area contributed by atoms with E-state index in [0.29, 0.717) is 35.3 Å². The van der Waals surface area contributed by atoms with Gasteiger partial charge in [0.05, 0.1) is 22.5 Å². The van der Waals surface area contributed by atoms with E-state index in [2.05, 4.69) is 21.3 Å². The number of anilines is 2. The number of carbonyl (C=O) groups is 4. The summed E-state index contributed by atoms with van der Waals surface area (Å²) in [7, 11) is 0. The SMILES string of the molecule is CC(C)NC(=O)c1ccccc1NC(=O)CCCCCCCCC(=O)Nc1ccccc1C(=O)NC(C)C. The summed E-state index contributed by atoms with van der Waals surface area (Å²) in [5.74, 6) is -0.613. The minimum absolute atomic E-state index is 0.0140. The topological polar surface area (TPSA) is 116 Å². The van der Waals surface area contributed by atoms with Crippen LogP contribution in [-0.4, -0.2) is 35.7 Å². The summed E-state index contributed by atoms with van der Waals surface area (Å²) < 4.78 is 0. The van der Waals surface area contributed by atoms with E-state index >= 15 is 0 Å². The summed E-state index contributed by atoms with van der Waals surface area (Å²) in [5.41, 5.74) is 1.97. The van der Waals surface area contributed by atoms with Crippen LogP contribution in [0.1, 0.15) is 99.8 Å². The molecule has 8 nitrogen and oxygen atoms in total. The Balaban J connectivity index is 1.62. The molecular weight excluding hydrogens is 480 g/mol. The molecule has 0 aliphatic rings. The van der Waals surface area contributed by atoms with Crippen LogP contribution in [0.5, 0.6) is 0 Å². The van der Waals surface area contributed by atoms with Gasteiger partial charge in [0.15, 0.2) is 0 Å². The van der Waals surface area contributed by atoms with E-state index in [-0.39, 0.29) is 35.7 Å². The monoisotopic (exact) mass is 522 g/mol. The average Bonchev–Trinajstić information content (AvgIpc) is 2.85. The second kappa shape index (κ2) is 16.2. The molecule has 0 unspecified atom stereocenters. The molecule has 2 rings (SSSR count). The van der Waals surface area contributed by atoms with Crippen molar-refractivity contribution in [2.45, 2.75) is 91.1 Å². The number of amides is 4. The fraction of sp³-hybridized carbons (Fsp3) is 0.467. The molecule has 0 saturated carbocycles. The van der Waals surface area contributed by atoms with Gasteiger partial charge in [-0.05, 0) is 64.8 Å². The molecule has 0 atom stereocenters. The molecule has 0 spiro atoms. The van der Waals surface area contributed by atoms with Crippen LogP contribution < -0.4 is 21.3 Å². The summed E-state index contributed by atoms with van der Waals surface area (Å²) in [6.07, 6.45) is 6.14. The van der Waals surface area contributed by atoms with E-state index in [4.69, 9.17) is 0 Å².